The van der Waals surface area contributed by atoms with Crippen LogP contribution >= 0.6 is 0 Å². The molecule has 3 N–H and O–H groups in total. The SMILES string of the molecule is CC1CC1CNS(N)(=O)=O. The molecule has 1 aliphatic rings. The van der Waals surface area contributed by atoms with Crippen molar-refractivity contribution < 1.29 is 8.42 Å². The van der Waals surface area contributed by atoms with E-state index < -0.39 is 10.2 Å². The van der Waals surface area contributed by atoms with Crippen LogP contribution in [0.25, 0.3) is 0 Å². The molecule has 1 fully saturated rings. The molecule has 10 heavy (non-hydrogen) atoms. The van der Waals surface area contributed by atoms with Gasteiger partial charge in [-0.2, -0.15) is 8.42 Å². The van der Waals surface area contributed by atoms with Crippen LogP contribution in [0, 0.1) is 11.8 Å². The van der Waals surface area contributed by atoms with Crippen LogP contribution in [0.4, 0.5) is 0 Å². The summed E-state index contributed by atoms with van der Waals surface area (Å²) in [6.07, 6.45) is 1.11. The highest BCUT2D eigenvalue weighted by Crippen LogP contribution is 2.36. The molecule has 5 heteroatoms. The monoisotopic (exact) mass is 164 g/mol. The fraction of sp³-hybridized carbons (Fsp3) is 1.00. The topological polar surface area (TPSA) is 72.2 Å². The molecule has 1 saturated carbocycles. The summed E-state index contributed by atoms with van der Waals surface area (Å²) in [5, 5.41) is 4.72. The van der Waals surface area contributed by atoms with Gasteiger partial charge in [-0.05, 0) is 18.3 Å². The Bertz CT molecular complexity index is 212. The smallest absolute Gasteiger partial charge is 0.216 e. The van der Waals surface area contributed by atoms with Crippen LogP contribution in [-0.4, -0.2) is 15.0 Å². The maximum atomic E-state index is 10.3. The predicted molar refractivity (Wildman–Crippen MR) is 38.4 cm³/mol. The first-order valence-corrected chi connectivity index (χ1v) is 4.81. The number of nitrogens with one attached hydrogen (secondary N) is 1. The van der Waals surface area contributed by atoms with Gasteiger partial charge in [-0.1, -0.05) is 6.92 Å². The third-order valence-electron chi connectivity index (χ3n) is 1.82. The van der Waals surface area contributed by atoms with E-state index in [0.29, 0.717) is 18.4 Å². The molecule has 0 amide bonds. The quantitative estimate of drug-likeness (QED) is 0.586. The van der Waals surface area contributed by atoms with E-state index >= 15 is 0 Å². The second-order valence-electron chi connectivity index (χ2n) is 2.87. The molecule has 0 spiro atoms. The molecule has 0 bridgehead atoms. The lowest BCUT2D eigenvalue weighted by Gasteiger charge is -1.97. The van der Waals surface area contributed by atoms with Gasteiger partial charge in [-0.25, -0.2) is 9.86 Å². The van der Waals surface area contributed by atoms with E-state index in [1.807, 2.05) is 0 Å². The fourth-order valence-electron chi connectivity index (χ4n) is 0.907. The molecule has 0 aliphatic heterocycles. The van der Waals surface area contributed by atoms with Gasteiger partial charge in [0.25, 0.3) is 10.2 Å². The van der Waals surface area contributed by atoms with Crippen LogP contribution in [-0.2, 0) is 10.2 Å². The van der Waals surface area contributed by atoms with E-state index in [-0.39, 0.29) is 0 Å². The lowest BCUT2D eigenvalue weighted by molar-refractivity contribution is 0.576. The Kier molecular flexibility index (Phi) is 1.98. The summed E-state index contributed by atoms with van der Waals surface area (Å²) in [5.74, 6) is 1.17. The molecular formula is C5H12N2O2S. The largest absolute Gasteiger partial charge is 0.274 e. The van der Waals surface area contributed by atoms with Crippen molar-refractivity contribution in [2.24, 2.45) is 17.0 Å². The maximum absolute atomic E-state index is 10.3. The van der Waals surface area contributed by atoms with Crippen LogP contribution < -0.4 is 9.86 Å². The van der Waals surface area contributed by atoms with Gasteiger partial charge in [0.05, 0.1) is 0 Å². The average Bonchev–Trinajstić information content (AvgIpc) is 2.40. The normalized spacial score (nSPS) is 32.2. The van der Waals surface area contributed by atoms with Crippen molar-refractivity contribution in [2.75, 3.05) is 6.54 Å². The molecule has 0 aromatic carbocycles. The minimum absolute atomic E-state index is 0.500. The fourth-order valence-corrected chi connectivity index (χ4v) is 1.35. The Labute approximate surface area is 61.0 Å². The van der Waals surface area contributed by atoms with Crippen LogP contribution in [0.15, 0.2) is 0 Å². The van der Waals surface area contributed by atoms with E-state index in [4.69, 9.17) is 5.14 Å². The first kappa shape index (κ1) is 7.97. The van der Waals surface area contributed by atoms with Crippen molar-refractivity contribution in [1.82, 2.24) is 4.72 Å². The number of hydrogen-bond donors (Lipinski definition) is 2. The zero-order chi connectivity index (χ0) is 7.78. The number of nitrogens with two attached hydrogens (primary N) is 1. The predicted octanol–water partition coefficient (Wildman–Crippen LogP) is -0.564. The Morgan fingerprint density at radius 2 is 2.20 bits per heavy atom. The second-order valence-corrected chi connectivity index (χ2v) is 4.25. The molecule has 0 radical (unpaired) electrons. The Morgan fingerprint density at radius 3 is 2.50 bits per heavy atom. The summed E-state index contributed by atoms with van der Waals surface area (Å²) >= 11 is 0. The zero-order valence-corrected chi connectivity index (χ0v) is 6.69. The molecule has 2 unspecified atom stereocenters. The van der Waals surface area contributed by atoms with E-state index in [2.05, 4.69) is 11.6 Å². The van der Waals surface area contributed by atoms with Crippen molar-refractivity contribution in [3.8, 4) is 0 Å². The van der Waals surface area contributed by atoms with Crippen LogP contribution in [0.3, 0.4) is 0 Å². The average molecular weight is 164 g/mol. The summed E-state index contributed by atoms with van der Waals surface area (Å²) in [6.45, 7) is 2.59. The van der Waals surface area contributed by atoms with Crippen molar-refractivity contribution in [1.29, 1.82) is 0 Å². The molecule has 0 heterocycles. The van der Waals surface area contributed by atoms with E-state index in [0.717, 1.165) is 6.42 Å². The van der Waals surface area contributed by atoms with Crippen LogP contribution in [0.5, 0.6) is 0 Å². The van der Waals surface area contributed by atoms with Crippen molar-refractivity contribution in [3.05, 3.63) is 0 Å². The van der Waals surface area contributed by atoms with E-state index in [9.17, 15) is 8.42 Å². The van der Waals surface area contributed by atoms with Gasteiger partial charge in [0, 0.05) is 6.54 Å². The third kappa shape index (κ3) is 2.64. The summed E-state index contributed by atoms with van der Waals surface area (Å²) < 4.78 is 22.9. The second kappa shape index (κ2) is 2.48. The molecule has 2 atom stereocenters. The zero-order valence-electron chi connectivity index (χ0n) is 5.87. The van der Waals surface area contributed by atoms with Crippen molar-refractivity contribution in [3.63, 3.8) is 0 Å². The van der Waals surface area contributed by atoms with Crippen molar-refractivity contribution >= 4 is 10.2 Å². The molecule has 1 aliphatic carbocycles. The lowest BCUT2D eigenvalue weighted by Crippen LogP contribution is -2.32. The molecule has 60 valence electrons. The highest BCUT2D eigenvalue weighted by molar-refractivity contribution is 7.87. The molecule has 4 nitrogen and oxygen atoms in total. The molecule has 0 aromatic rings. The lowest BCUT2D eigenvalue weighted by atomic mass is 10.3. The summed E-state index contributed by atoms with van der Waals surface area (Å²) in [4.78, 5) is 0. The number of hydrogen-bond acceptors (Lipinski definition) is 2. The van der Waals surface area contributed by atoms with Gasteiger partial charge >= 0.3 is 0 Å². The summed E-state index contributed by atoms with van der Waals surface area (Å²) in [5.41, 5.74) is 0. The Morgan fingerprint density at radius 1 is 1.70 bits per heavy atom. The summed E-state index contributed by atoms with van der Waals surface area (Å²) in [6, 6.07) is 0. The molecule has 0 aromatic heterocycles. The minimum atomic E-state index is -3.45. The van der Waals surface area contributed by atoms with Crippen LogP contribution in [0.1, 0.15) is 13.3 Å². The first-order valence-electron chi connectivity index (χ1n) is 3.26. The third-order valence-corrected chi connectivity index (χ3v) is 2.39. The van der Waals surface area contributed by atoms with Gasteiger partial charge < -0.3 is 0 Å². The minimum Gasteiger partial charge on any atom is -0.216 e. The molecule has 1 rings (SSSR count). The Hall–Kier alpha value is -0.130. The van der Waals surface area contributed by atoms with Gasteiger partial charge in [0.2, 0.25) is 0 Å². The van der Waals surface area contributed by atoms with Crippen molar-refractivity contribution in [2.45, 2.75) is 13.3 Å². The molecule has 0 saturated heterocycles. The summed E-state index contributed by atoms with van der Waals surface area (Å²) in [7, 11) is -3.45. The van der Waals surface area contributed by atoms with Crippen LogP contribution in [0.2, 0.25) is 0 Å². The molecular weight excluding hydrogens is 152 g/mol. The van der Waals surface area contributed by atoms with E-state index in [1.165, 1.54) is 0 Å². The first-order chi connectivity index (χ1) is 4.49. The van der Waals surface area contributed by atoms with Gasteiger partial charge in [0.1, 0.15) is 0 Å². The highest BCUT2D eigenvalue weighted by Gasteiger charge is 2.32. The van der Waals surface area contributed by atoms with E-state index in [1.54, 1.807) is 0 Å². The standard InChI is InChI=1S/C5H12N2O2S/c1-4-2-5(4)3-7-10(6,8)9/h4-5,7H,2-3H2,1H3,(H2,6,8,9). The highest BCUT2D eigenvalue weighted by atomic mass is 32.2. The Balaban J connectivity index is 2.18. The van der Waals surface area contributed by atoms with Gasteiger partial charge in [-0.3, -0.25) is 0 Å². The maximum Gasteiger partial charge on any atom is 0.274 e. The van der Waals surface area contributed by atoms with Gasteiger partial charge in [-0.15, -0.1) is 0 Å². The van der Waals surface area contributed by atoms with Gasteiger partial charge in [0.15, 0.2) is 0 Å². The number of rotatable bonds is 3.